The van der Waals surface area contributed by atoms with Gasteiger partial charge >= 0.3 is 5.38 Å². The Kier molecular flexibility index (Phi) is 4.76. The van der Waals surface area contributed by atoms with Crippen molar-refractivity contribution in [2.45, 2.75) is 17.8 Å². The molecule has 0 saturated heterocycles. The number of benzene rings is 1. The monoisotopic (exact) mass is 288 g/mol. The summed E-state index contributed by atoms with van der Waals surface area (Å²) in [5, 5.41) is -2.71. The van der Waals surface area contributed by atoms with Gasteiger partial charge in [-0.2, -0.15) is 8.78 Å². The highest BCUT2D eigenvalue weighted by atomic mass is 35.5. The van der Waals surface area contributed by atoms with Crippen LogP contribution in [0.5, 0.6) is 0 Å². The summed E-state index contributed by atoms with van der Waals surface area (Å²) in [7, 11) is 0. The number of hydrogen-bond donors (Lipinski definition) is 2. The summed E-state index contributed by atoms with van der Waals surface area (Å²) >= 11 is 16.4. The number of alkyl halides is 3. The van der Waals surface area contributed by atoms with Crippen molar-refractivity contribution in [3.63, 3.8) is 0 Å². The largest absolute Gasteiger partial charge is 0.338 e. The van der Waals surface area contributed by atoms with E-state index in [0.717, 1.165) is 0 Å². The van der Waals surface area contributed by atoms with Crippen LogP contribution in [0.3, 0.4) is 0 Å². The molecule has 0 aliphatic heterocycles. The molecule has 1 aromatic carbocycles. The molecule has 1 rings (SSSR count). The number of nitrogens with two attached hydrogens (primary N) is 1. The summed E-state index contributed by atoms with van der Waals surface area (Å²) in [4.78, 5) is 0. The van der Waals surface area contributed by atoms with Crippen molar-refractivity contribution in [2.75, 3.05) is 0 Å². The molecule has 0 aliphatic carbocycles. The fourth-order valence-corrected chi connectivity index (χ4v) is 1.72. The van der Waals surface area contributed by atoms with E-state index >= 15 is 0 Å². The molecule has 1 aromatic rings. The van der Waals surface area contributed by atoms with Crippen LogP contribution in [0.4, 0.5) is 8.78 Å². The van der Waals surface area contributed by atoms with Gasteiger partial charge in [-0.15, -0.1) is 0 Å². The van der Waals surface area contributed by atoms with Crippen LogP contribution in [0.25, 0.3) is 0 Å². The van der Waals surface area contributed by atoms with Gasteiger partial charge in [-0.25, -0.2) is 5.43 Å². The summed E-state index contributed by atoms with van der Waals surface area (Å²) in [5.41, 5.74) is 2.41. The lowest BCUT2D eigenvalue weighted by Gasteiger charge is -2.21. The van der Waals surface area contributed by atoms with Crippen LogP contribution in [-0.4, -0.2) is 11.4 Å². The molecule has 3 N–H and O–H groups in total. The molecule has 0 spiro atoms. The third-order valence-electron chi connectivity index (χ3n) is 2.03. The Morgan fingerprint density at radius 1 is 1.38 bits per heavy atom. The molecule has 0 aromatic heterocycles. The smallest absolute Gasteiger partial charge is 0.271 e. The van der Waals surface area contributed by atoms with Gasteiger partial charge < -0.3 is 0 Å². The summed E-state index contributed by atoms with van der Waals surface area (Å²) in [5.74, 6) is 5.00. The molecule has 1 unspecified atom stereocenters. The van der Waals surface area contributed by atoms with E-state index in [4.69, 9.17) is 40.6 Å². The Labute approximate surface area is 107 Å². The highest BCUT2D eigenvalue weighted by molar-refractivity contribution is 6.33. The Morgan fingerprint density at radius 2 is 2.00 bits per heavy atom. The summed E-state index contributed by atoms with van der Waals surface area (Å²) in [6.07, 6.45) is -0.119. The van der Waals surface area contributed by atoms with Crippen molar-refractivity contribution in [1.82, 2.24) is 5.43 Å². The van der Waals surface area contributed by atoms with Gasteiger partial charge in [0.2, 0.25) is 0 Å². The third-order valence-corrected chi connectivity index (χ3v) is 2.90. The molecule has 0 radical (unpaired) electrons. The van der Waals surface area contributed by atoms with E-state index in [0.29, 0.717) is 15.6 Å². The molecule has 0 amide bonds. The first-order chi connectivity index (χ1) is 7.34. The first kappa shape index (κ1) is 13.9. The van der Waals surface area contributed by atoms with E-state index in [1.807, 2.05) is 5.43 Å². The van der Waals surface area contributed by atoms with Crippen molar-refractivity contribution in [2.24, 2.45) is 5.84 Å². The lowest BCUT2D eigenvalue weighted by Crippen LogP contribution is -2.46. The first-order valence-corrected chi connectivity index (χ1v) is 5.44. The van der Waals surface area contributed by atoms with Gasteiger partial charge in [0, 0.05) is 10.0 Å². The van der Waals surface area contributed by atoms with Gasteiger partial charge in [-0.1, -0.05) is 23.2 Å². The average molecular weight is 290 g/mol. The maximum atomic E-state index is 12.9. The van der Waals surface area contributed by atoms with Crippen LogP contribution >= 0.6 is 34.8 Å². The normalized spacial score (nSPS) is 13.9. The second-order valence-electron chi connectivity index (χ2n) is 3.20. The Morgan fingerprint density at radius 3 is 2.50 bits per heavy atom. The van der Waals surface area contributed by atoms with Crippen LogP contribution in [0.15, 0.2) is 18.2 Å². The third kappa shape index (κ3) is 3.71. The minimum absolute atomic E-state index is 0.119. The summed E-state index contributed by atoms with van der Waals surface area (Å²) in [6.45, 7) is 0. The molecule has 90 valence electrons. The van der Waals surface area contributed by atoms with Crippen LogP contribution in [0.1, 0.15) is 5.56 Å². The predicted octanol–water partition coefficient (Wildman–Crippen LogP) is 3.20. The predicted molar refractivity (Wildman–Crippen MR) is 62.1 cm³/mol. The van der Waals surface area contributed by atoms with E-state index < -0.39 is 11.4 Å². The highest BCUT2D eigenvalue weighted by Crippen LogP contribution is 2.29. The Balaban J connectivity index is 2.90. The molecule has 0 saturated carbocycles. The molecular weight excluding hydrogens is 280 g/mol. The van der Waals surface area contributed by atoms with Crippen LogP contribution in [0.2, 0.25) is 10.0 Å². The lowest BCUT2D eigenvalue weighted by molar-refractivity contribution is 0.0503. The van der Waals surface area contributed by atoms with Crippen LogP contribution in [-0.2, 0) is 6.42 Å². The Bertz CT molecular complexity index is 368. The molecule has 1 atom stereocenters. The molecule has 0 bridgehead atoms. The summed E-state index contributed by atoms with van der Waals surface area (Å²) < 4.78 is 25.7. The van der Waals surface area contributed by atoms with Crippen molar-refractivity contribution in [1.29, 1.82) is 0 Å². The standard InChI is InChI=1S/C9H9Cl3F2N2/c10-6-1-2-7(11)5(3-6)4-8(16-15)9(12,13)14/h1-3,8,16H,4,15H2. The maximum Gasteiger partial charge on any atom is 0.338 e. The maximum absolute atomic E-state index is 12.9. The van der Waals surface area contributed by atoms with Gasteiger partial charge in [0.25, 0.3) is 0 Å². The molecule has 0 heterocycles. The minimum atomic E-state index is -3.46. The van der Waals surface area contributed by atoms with Gasteiger partial charge in [0.05, 0.1) is 0 Å². The number of halogens is 5. The molecule has 16 heavy (non-hydrogen) atoms. The zero-order valence-corrected chi connectivity index (χ0v) is 10.3. The molecule has 0 aliphatic rings. The minimum Gasteiger partial charge on any atom is -0.271 e. The van der Waals surface area contributed by atoms with E-state index in [-0.39, 0.29) is 6.42 Å². The topological polar surface area (TPSA) is 38.0 Å². The fraction of sp³-hybridized carbons (Fsp3) is 0.333. The van der Waals surface area contributed by atoms with Crippen LogP contribution < -0.4 is 11.3 Å². The van der Waals surface area contributed by atoms with E-state index in [9.17, 15) is 8.78 Å². The van der Waals surface area contributed by atoms with Gasteiger partial charge in [-0.05, 0) is 41.8 Å². The number of hydrazine groups is 1. The van der Waals surface area contributed by atoms with E-state index in [1.165, 1.54) is 12.1 Å². The van der Waals surface area contributed by atoms with Gasteiger partial charge in [0.15, 0.2) is 0 Å². The molecular formula is C9H9Cl3F2N2. The SMILES string of the molecule is NNC(Cc1cc(Cl)ccc1Cl)C(F)(F)Cl. The van der Waals surface area contributed by atoms with Crippen molar-refractivity contribution in [3.05, 3.63) is 33.8 Å². The second kappa shape index (κ2) is 5.47. The van der Waals surface area contributed by atoms with Crippen molar-refractivity contribution < 1.29 is 8.78 Å². The first-order valence-electron chi connectivity index (χ1n) is 4.31. The molecule has 0 fully saturated rings. The van der Waals surface area contributed by atoms with Crippen LogP contribution in [0, 0.1) is 0 Å². The summed E-state index contributed by atoms with van der Waals surface area (Å²) in [6, 6.07) is 3.18. The van der Waals surface area contributed by atoms with Crippen molar-refractivity contribution in [3.8, 4) is 0 Å². The lowest BCUT2D eigenvalue weighted by atomic mass is 10.1. The zero-order chi connectivity index (χ0) is 12.3. The number of rotatable bonds is 4. The fourth-order valence-electron chi connectivity index (χ4n) is 1.19. The second-order valence-corrected chi connectivity index (χ2v) is 4.55. The quantitative estimate of drug-likeness (QED) is 0.507. The molecule has 7 heteroatoms. The Hall–Kier alpha value is -0.130. The van der Waals surface area contributed by atoms with Gasteiger partial charge in [0.1, 0.15) is 6.04 Å². The zero-order valence-electron chi connectivity index (χ0n) is 7.98. The number of nitrogens with one attached hydrogen (secondary N) is 1. The molecule has 2 nitrogen and oxygen atoms in total. The average Bonchev–Trinajstić information content (AvgIpc) is 2.17. The van der Waals surface area contributed by atoms with Crippen molar-refractivity contribution >= 4 is 34.8 Å². The highest BCUT2D eigenvalue weighted by Gasteiger charge is 2.36. The van der Waals surface area contributed by atoms with Gasteiger partial charge in [-0.3, -0.25) is 5.84 Å². The van der Waals surface area contributed by atoms with E-state index in [2.05, 4.69) is 0 Å². The van der Waals surface area contributed by atoms with E-state index in [1.54, 1.807) is 6.07 Å². The number of hydrogen-bond acceptors (Lipinski definition) is 2.